The van der Waals surface area contributed by atoms with Crippen LogP contribution in [0.4, 0.5) is 0 Å². The molecule has 0 fully saturated rings. The van der Waals surface area contributed by atoms with Crippen LogP contribution >= 0.6 is 23.2 Å². The largest absolute Gasteiger partial charge is 0.258 e. The smallest absolute Gasteiger partial charge is 0.0646 e. The Morgan fingerprint density at radius 3 is 2.46 bits per heavy atom. The molecule has 0 aliphatic rings. The molecule has 0 bridgehead atoms. The minimum Gasteiger partial charge on any atom is -0.258 e. The second-order valence-corrected chi connectivity index (χ2v) is 4.57. The molecule has 0 amide bonds. The van der Waals surface area contributed by atoms with Crippen molar-refractivity contribution < 1.29 is 0 Å². The minimum atomic E-state index is 0.0155. The van der Waals surface area contributed by atoms with Gasteiger partial charge in [-0.25, -0.2) is 0 Å². The van der Waals surface area contributed by atoms with Crippen LogP contribution in [0.2, 0.25) is 10.0 Å². The molecule has 3 heteroatoms. The highest BCUT2D eigenvalue weighted by molar-refractivity contribution is 6.34. The maximum Gasteiger partial charge on any atom is 0.0646 e. The predicted octanol–water partition coefficient (Wildman–Crippen LogP) is 4.08. The summed E-state index contributed by atoms with van der Waals surface area (Å²) in [6.45, 7) is 6.36. The molecule has 0 saturated heterocycles. The maximum atomic E-state index is 6.05. The van der Waals surface area contributed by atoms with Gasteiger partial charge in [-0.2, -0.15) is 0 Å². The van der Waals surface area contributed by atoms with Crippen LogP contribution in [0.5, 0.6) is 0 Å². The van der Waals surface area contributed by atoms with Crippen molar-refractivity contribution in [2.24, 2.45) is 0 Å². The third-order valence-corrected chi connectivity index (χ3v) is 2.83. The predicted molar refractivity (Wildman–Crippen MR) is 57.6 cm³/mol. The highest BCUT2D eigenvalue weighted by Crippen LogP contribution is 2.31. The highest BCUT2D eigenvalue weighted by Gasteiger charge is 2.22. The molecule has 1 aromatic heterocycles. The van der Waals surface area contributed by atoms with Gasteiger partial charge in [-0.15, -0.1) is 0 Å². The van der Waals surface area contributed by atoms with Gasteiger partial charge in [-0.3, -0.25) is 4.98 Å². The zero-order valence-electron chi connectivity index (χ0n) is 8.06. The molecule has 1 heterocycles. The van der Waals surface area contributed by atoms with E-state index in [0.29, 0.717) is 10.0 Å². The van der Waals surface area contributed by atoms with E-state index >= 15 is 0 Å². The molecule has 0 atom stereocenters. The van der Waals surface area contributed by atoms with E-state index in [1.807, 2.05) is 0 Å². The monoisotopic (exact) mass is 217 g/mol. The Morgan fingerprint density at radius 2 is 2.00 bits per heavy atom. The van der Waals surface area contributed by atoms with Gasteiger partial charge in [0.2, 0.25) is 0 Å². The van der Waals surface area contributed by atoms with E-state index < -0.39 is 0 Å². The summed E-state index contributed by atoms with van der Waals surface area (Å²) in [4.78, 5) is 4.26. The average Bonchev–Trinajstić information content (AvgIpc) is 2.03. The summed E-state index contributed by atoms with van der Waals surface area (Å²) in [5.41, 5.74) is 0.933. The van der Waals surface area contributed by atoms with Crippen molar-refractivity contribution in [3.05, 3.63) is 28.0 Å². The number of aromatic nitrogens is 1. The summed E-state index contributed by atoms with van der Waals surface area (Å²) in [6.07, 6.45) is 2.64. The molecule has 0 unspecified atom stereocenters. The summed E-state index contributed by atoms with van der Waals surface area (Å²) in [5.74, 6) is 0. The first-order chi connectivity index (χ1) is 5.97. The Morgan fingerprint density at radius 1 is 1.38 bits per heavy atom. The Hall–Kier alpha value is -0.270. The van der Waals surface area contributed by atoms with Gasteiger partial charge in [0.25, 0.3) is 0 Å². The highest BCUT2D eigenvalue weighted by atomic mass is 35.5. The summed E-state index contributed by atoms with van der Waals surface area (Å²) in [6, 6.07) is 1.74. The molecule has 1 rings (SSSR count). The van der Waals surface area contributed by atoms with Crippen LogP contribution in [0.3, 0.4) is 0 Å². The van der Waals surface area contributed by atoms with Crippen molar-refractivity contribution in [3.8, 4) is 0 Å². The van der Waals surface area contributed by atoms with Crippen LogP contribution in [-0.2, 0) is 5.41 Å². The molecule has 0 N–H and O–H groups in total. The Balaban J connectivity index is 3.16. The van der Waals surface area contributed by atoms with E-state index in [-0.39, 0.29) is 5.41 Å². The zero-order valence-corrected chi connectivity index (χ0v) is 9.58. The van der Waals surface area contributed by atoms with Crippen molar-refractivity contribution in [2.45, 2.75) is 32.6 Å². The van der Waals surface area contributed by atoms with Gasteiger partial charge in [-0.05, 0) is 12.5 Å². The lowest BCUT2D eigenvalue weighted by Crippen LogP contribution is -2.17. The molecule has 0 saturated carbocycles. The van der Waals surface area contributed by atoms with Crippen molar-refractivity contribution in [3.63, 3.8) is 0 Å². The average molecular weight is 218 g/mol. The van der Waals surface area contributed by atoms with Gasteiger partial charge in [0.05, 0.1) is 15.7 Å². The van der Waals surface area contributed by atoms with Gasteiger partial charge in [0, 0.05) is 11.6 Å². The van der Waals surface area contributed by atoms with Crippen molar-refractivity contribution >= 4 is 23.2 Å². The molecule has 1 nitrogen and oxygen atoms in total. The van der Waals surface area contributed by atoms with E-state index in [0.717, 1.165) is 12.1 Å². The van der Waals surface area contributed by atoms with Gasteiger partial charge in [-0.1, -0.05) is 44.0 Å². The number of pyridine rings is 1. The van der Waals surface area contributed by atoms with Crippen LogP contribution < -0.4 is 0 Å². The summed E-state index contributed by atoms with van der Waals surface area (Å²) in [7, 11) is 0. The molecule has 0 aliphatic heterocycles. The lowest BCUT2D eigenvalue weighted by Gasteiger charge is -2.22. The first-order valence-corrected chi connectivity index (χ1v) is 5.04. The second kappa shape index (κ2) is 3.85. The Labute approximate surface area is 89.1 Å². The maximum absolute atomic E-state index is 6.05. The van der Waals surface area contributed by atoms with E-state index in [1.54, 1.807) is 12.3 Å². The third kappa shape index (κ3) is 2.35. The summed E-state index contributed by atoms with van der Waals surface area (Å²) in [5, 5.41) is 1.24. The van der Waals surface area contributed by atoms with Gasteiger partial charge in [0.15, 0.2) is 0 Å². The molecule has 0 aliphatic carbocycles. The topological polar surface area (TPSA) is 12.9 Å². The van der Waals surface area contributed by atoms with Gasteiger partial charge >= 0.3 is 0 Å². The number of nitrogens with zero attached hydrogens (tertiary/aromatic N) is 1. The quantitative estimate of drug-likeness (QED) is 0.728. The summed E-state index contributed by atoms with van der Waals surface area (Å²) >= 11 is 11.8. The number of hydrogen-bond donors (Lipinski definition) is 0. The standard InChI is InChI=1S/C10H13Cl2N/c1-4-10(2,3)9-8(12)5-7(11)6-13-9/h5-6H,4H2,1-3H3. The molecule has 0 spiro atoms. The molecule has 1 aromatic rings. The Kier molecular flexibility index (Phi) is 3.20. The first-order valence-electron chi connectivity index (χ1n) is 4.29. The fraction of sp³-hybridized carbons (Fsp3) is 0.500. The molecule has 13 heavy (non-hydrogen) atoms. The van der Waals surface area contributed by atoms with Gasteiger partial charge in [0.1, 0.15) is 0 Å². The third-order valence-electron chi connectivity index (χ3n) is 2.33. The summed E-state index contributed by atoms with van der Waals surface area (Å²) < 4.78 is 0. The van der Waals surface area contributed by atoms with Crippen LogP contribution in [-0.4, -0.2) is 4.98 Å². The van der Waals surface area contributed by atoms with Crippen LogP contribution in [0.1, 0.15) is 32.9 Å². The van der Waals surface area contributed by atoms with Crippen LogP contribution in [0.15, 0.2) is 12.3 Å². The number of halogens is 2. The molecular formula is C10H13Cl2N. The van der Waals surface area contributed by atoms with Crippen LogP contribution in [0, 0.1) is 0 Å². The molecule has 0 radical (unpaired) electrons. The van der Waals surface area contributed by atoms with E-state index in [9.17, 15) is 0 Å². The fourth-order valence-corrected chi connectivity index (χ4v) is 1.72. The van der Waals surface area contributed by atoms with E-state index in [1.165, 1.54) is 0 Å². The normalized spacial score (nSPS) is 11.8. The van der Waals surface area contributed by atoms with Crippen molar-refractivity contribution in [1.82, 2.24) is 4.98 Å². The second-order valence-electron chi connectivity index (χ2n) is 3.72. The molecule has 0 aromatic carbocycles. The lowest BCUT2D eigenvalue weighted by molar-refractivity contribution is 0.490. The SMILES string of the molecule is CCC(C)(C)c1ncc(Cl)cc1Cl. The lowest BCUT2D eigenvalue weighted by atomic mass is 9.86. The van der Waals surface area contributed by atoms with Crippen molar-refractivity contribution in [1.29, 1.82) is 0 Å². The van der Waals surface area contributed by atoms with E-state index in [2.05, 4.69) is 25.8 Å². The minimum absolute atomic E-state index is 0.0155. The van der Waals surface area contributed by atoms with E-state index in [4.69, 9.17) is 23.2 Å². The number of hydrogen-bond acceptors (Lipinski definition) is 1. The molecular weight excluding hydrogens is 205 g/mol. The van der Waals surface area contributed by atoms with Crippen molar-refractivity contribution in [2.75, 3.05) is 0 Å². The molecule has 72 valence electrons. The van der Waals surface area contributed by atoms with Gasteiger partial charge < -0.3 is 0 Å². The number of rotatable bonds is 2. The fourth-order valence-electron chi connectivity index (χ4n) is 1.08. The zero-order chi connectivity index (χ0) is 10.1. The Bertz CT molecular complexity index is 308. The van der Waals surface area contributed by atoms with Crippen LogP contribution in [0.25, 0.3) is 0 Å². The first kappa shape index (κ1) is 10.8.